The van der Waals surface area contributed by atoms with E-state index in [1.165, 1.54) is 12.8 Å². The van der Waals surface area contributed by atoms with Crippen LogP contribution in [0.5, 0.6) is 0 Å². The van der Waals surface area contributed by atoms with Gasteiger partial charge in [0, 0.05) is 5.92 Å². The van der Waals surface area contributed by atoms with Crippen molar-refractivity contribution >= 4 is 11.3 Å². The Kier molecular flexibility index (Phi) is 4.30. The summed E-state index contributed by atoms with van der Waals surface area (Å²) in [4.78, 5) is 6.97. The van der Waals surface area contributed by atoms with Crippen LogP contribution >= 0.6 is 11.3 Å². The van der Waals surface area contributed by atoms with Gasteiger partial charge in [-0.3, -0.25) is 4.90 Å². The molecule has 0 radical (unpaired) electrons. The first-order valence-electron chi connectivity index (χ1n) is 7.50. The minimum atomic E-state index is 0.211. The second-order valence-electron chi connectivity index (χ2n) is 5.84. The highest BCUT2D eigenvalue weighted by molar-refractivity contribution is 7.11. The van der Waals surface area contributed by atoms with E-state index in [-0.39, 0.29) is 6.04 Å². The van der Waals surface area contributed by atoms with Crippen molar-refractivity contribution in [1.82, 2.24) is 25.2 Å². The molecule has 3 heterocycles. The topological polar surface area (TPSA) is 67.9 Å². The fraction of sp³-hybridized carbons (Fsp3) is 0.714. The summed E-state index contributed by atoms with van der Waals surface area (Å²) in [5.41, 5.74) is 0. The summed E-state index contributed by atoms with van der Waals surface area (Å²) in [5.74, 6) is 1.84. The standard InChI is InChI=1S/C14H21N5OS/c1-9(2)13-15-14(20-18-13)11-6-4-5-7-19(11)8-12-17-16-10(3)21-12/h9,11H,4-8H2,1-3H3/t11-/m0/s1. The summed E-state index contributed by atoms with van der Waals surface area (Å²) in [6.45, 7) is 8.01. The van der Waals surface area contributed by atoms with Crippen LogP contribution in [-0.4, -0.2) is 31.8 Å². The van der Waals surface area contributed by atoms with Gasteiger partial charge in [0.05, 0.1) is 12.6 Å². The average molecular weight is 307 g/mol. The van der Waals surface area contributed by atoms with Gasteiger partial charge in [-0.15, -0.1) is 21.5 Å². The van der Waals surface area contributed by atoms with Crippen LogP contribution in [0.15, 0.2) is 4.52 Å². The van der Waals surface area contributed by atoms with Crippen LogP contribution in [0.1, 0.15) is 66.8 Å². The predicted octanol–water partition coefficient (Wildman–Crippen LogP) is 3.08. The third kappa shape index (κ3) is 3.29. The molecule has 114 valence electrons. The Morgan fingerprint density at radius 3 is 2.86 bits per heavy atom. The van der Waals surface area contributed by atoms with E-state index in [4.69, 9.17) is 4.52 Å². The molecule has 2 aromatic rings. The predicted molar refractivity (Wildman–Crippen MR) is 80.0 cm³/mol. The Hall–Kier alpha value is -1.34. The lowest BCUT2D eigenvalue weighted by molar-refractivity contribution is 0.111. The number of aromatic nitrogens is 4. The quantitative estimate of drug-likeness (QED) is 0.864. The smallest absolute Gasteiger partial charge is 0.244 e. The Labute approximate surface area is 128 Å². The SMILES string of the molecule is Cc1nnc(CN2CCCC[C@H]2c2nc(C(C)C)no2)s1. The Morgan fingerprint density at radius 2 is 2.19 bits per heavy atom. The molecule has 0 saturated carbocycles. The van der Waals surface area contributed by atoms with Crippen molar-refractivity contribution in [2.24, 2.45) is 0 Å². The number of nitrogens with zero attached hydrogens (tertiary/aromatic N) is 5. The molecule has 1 aliphatic heterocycles. The van der Waals surface area contributed by atoms with Crippen molar-refractivity contribution in [3.8, 4) is 0 Å². The molecule has 0 aliphatic carbocycles. The second-order valence-corrected chi connectivity index (χ2v) is 7.11. The molecular formula is C14H21N5OS. The molecule has 0 N–H and O–H groups in total. The van der Waals surface area contributed by atoms with Crippen LogP contribution in [0.3, 0.4) is 0 Å². The van der Waals surface area contributed by atoms with Crippen molar-refractivity contribution in [2.45, 2.75) is 58.5 Å². The first-order valence-corrected chi connectivity index (χ1v) is 8.31. The molecule has 0 spiro atoms. The zero-order chi connectivity index (χ0) is 14.8. The summed E-state index contributed by atoms with van der Waals surface area (Å²) >= 11 is 1.66. The van der Waals surface area contributed by atoms with Gasteiger partial charge in [0.1, 0.15) is 10.0 Å². The van der Waals surface area contributed by atoms with E-state index in [9.17, 15) is 0 Å². The van der Waals surface area contributed by atoms with Crippen molar-refractivity contribution in [1.29, 1.82) is 0 Å². The third-order valence-electron chi connectivity index (χ3n) is 3.78. The van der Waals surface area contributed by atoms with Gasteiger partial charge in [0.2, 0.25) is 5.89 Å². The number of piperidine rings is 1. The average Bonchev–Trinajstić information content (AvgIpc) is 3.09. The number of likely N-dealkylation sites (tertiary alicyclic amines) is 1. The van der Waals surface area contributed by atoms with Crippen molar-refractivity contribution in [3.05, 3.63) is 21.7 Å². The zero-order valence-corrected chi connectivity index (χ0v) is 13.6. The number of hydrogen-bond donors (Lipinski definition) is 0. The third-order valence-corrected chi connectivity index (χ3v) is 4.60. The molecule has 0 bridgehead atoms. The van der Waals surface area contributed by atoms with Crippen LogP contribution in [0.2, 0.25) is 0 Å². The summed E-state index contributed by atoms with van der Waals surface area (Å²) in [5, 5.41) is 14.5. The molecule has 1 saturated heterocycles. The first kappa shape index (κ1) is 14.6. The normalized spacial score (nSPS) is 20.3. The van der Waals surface area contributed by atoms with Crippen LogP contribution in [-0.2, 0) is 6.54 Å². The highest BCUT2D eigenvalue weighted by atomic mass is 32.1. The van der Waals surface area contributed by atoms with E-state index in [0.717, 1.165) is 41.2 Å². The number of rotatable bonds is 4. The molecule has 3 rings (SSSR count). The summed E-state index contributed by atoms with van der Waals surface area (Å²) in [6.07, 6.45) is 3.48. The zero-order valence-electron chi connectivity index (χ0n) is 12.7. The maximum absolute atomic E-state index is 5.50. The Bertz CT molecular complexity index is 594. The van der Waals surface area contributed by atoms with Gasteiger partial charge in [0.15, 0.2) is 5.82 Å². The van der Waals surface area contributed by atoms with Gasteiger partial charge in [-0.25, -0.2) is 0 Å². The van der Waals surface area contributed by atoms with E-state index in [2.05, 4.69) is 39.1 Å². The van der Waals surface area contributed by atoms with Gasteiger partial charge in [-0.05, 0) is 26.3 Å². The van der Waals surface area contributed by atoms with E-state index in [1.807, 2.05) is 6.92 Å². The molecule has 0 aromatic carbocycles. The van der Waals surface area contributed by atoms with Crippen LogP contribution in [0, 0.1) is 6.92 Å². The number of hydrogen-bond acceptors (Lipinski definition) is 7. The molecule has 0 unspecified atom stereocenters. The van der Waals surface area contributed by atoms with Crippen LogP contribution in [0.25, 0.3) is 0 Å². The van der Waals surface area contributed by atoms with Crippen molar-refractivity contribution in [2.75, 3.05) is 6.54 Å². The van der Waals surface area contributed by atoms with Gasteiger partial charge >= 0.3 is 0 Å². The molecule has 6 nitrogen and oxygen atoms in total. The van der Waals surface area contributed by atoms with E-state index in [1.54, 1.807) is 11.3 Å². The van der Waals surface area contributed by atoms with E-state index in [0.29, 0.717) is 5.92 Å². The number of aryl methyl sites for hydroxylation is 1. The fourth-order valence-corrected chi connectivity index (χ4v) is 3.39. The van der Waals surface area contributed by atoms with Crippen LogP contribution in [0.4, 0.5) is 0 Å². The highest BCUT2D eigenvalue weighted by Gasteiger charge is 2.29. The maximum atomic E-state index is 5.50. The van der Waals surface area contributed by atoms with Crippen LogP contribution < -0.4 is 0 Å². The summed E-state index contributed by atoms with van der Waals surface area (Å²) in [7, 11) is 0. The Balaban J connectivity index is 1.77. The molecule has 7 heteroatoms. The Morgan fingerprint density at radius 1 is 1.33 bits per heavy atom. The maximum Gasteiger partial charge on any atom is 0.244 e. The molecule has 21 heavy (non-hydrogen) atoms. The van der Waals surface area contributed by atoms with Gasteiger partial charge in [-0.2, -0.15) is 4.98 Å². The summed E-state index contributed by atoms with van der Waals surface area (Å²) in [6, 6.07) is 0.211. The molecule has 1 fully saturated rings. The minimum absolute atomic E-state index is 0.211. The molecule has 2 aromatic heterocycles. The lowest BCUT2D eigenvalue weighted by atomic mass is 10.0. The monoisotopic (exact) mass is 307 g/mol. The molecule has 0 amide bonds. The van der Waals surface area contributed by atoms with E-state index >= 15 is 0 Å². The molecular weight excluding hydrogens is 286 g/mol. The fourth-order valence-electron chi connectivity index (χ4n) is 2.65. The minimum Gasteiger partial charge on any atom is -0.338 e. The van der Waals surface area contributed by atoms with E-state index < -0.39 is 0 Å². The molecule has 1 atom stereocenters. The largest absolute Gasteiger partial charge is 0.338 e. The first-order chi connectivity index (χ1) is 10.1. The van der Waals surface area contributed by atoms with Gasteiger partial charge in [-0.1, -0.05) is 25.4 Å². The molecule has 1 aliphatic rings. The van der Waals surface area contributed by atoms with Gasteiger partial charge in [0.25, 0.3) is 0 Å². The van der Waals surface area contributed by atoms with Crippen molar-refractivity contribution in [3.63, 3.8) is 0 Å². The van der Waals surface area contributed by atoms with Crippen molar-refractivity contribution < 1.29 is 4.52 Å². The van der Waals surface area contributed by atoms with Gasteiger partial charge < -0.3 is 4.52 Å². The lowest BCUT2D eigenvalue weighted by Gasteiger charge is -2.32. The highest BCUT2D eigenvalue weighted by Crippen LogP contribution is 2.32. The second kappa shape index (κ2) is 6.19. The summed E-state index contributed by atoms with van der Waals surface area (Å²) < 4.78 is 5.50. The lowest BCUT2D eigenvalue weighted by Crippen LogP contribution is -2.33.